The van der Waals surface area contributed by atoms with Gasteiger partial charge in [0.2, 0.25) is 0 Å². The Morgan fingerprint density at radius 2 is 1.50 bits per heavy atom. The quantitative estimate of drug-likeness (QED) is 0.591. The van der Waals surface area contributed by atoms with Gasteiger partial charge in [-0.05, 0) is 12.1 Å². The summed E-state index contributed by atoms with van der Waals surface area (Å²) >= 11 is 3.31. The highest BCUT2D eigenvalue weighted by Gasteiger charge is 1.74. The van der Waals surface area contributed by atoms with E-state index in [4.69, 9.17) is 0 Å². The van der Waals surface area contributed by atoms with Crippen LogP contribution in [0.2, 0.25) is 0 Å². The molecule has 0 saturated carbocycles. The van der Waals surface area contributed by atoms with Crippen molar-refractivity contribution >= 4 is 29.4 Å². The zero-order valence-electron chi connectivity index (χ0n) is 4.26. The van der Waals surface area contributed by atoms with E-state index in [2.05, 4.69) is 15.9 Å². The van der Waals surface area contributed by atoms with Gasteiger partial charge in [-0.25, -0.2) is 0 Å². The standard InChI is InChI=1S/C6H5Br.H2S/c7-6-4-2-1-3-5-6;/h1-5H;1H2. The molecule has 0 saturated heterocycles. The molecule has 0 aliphatic heterocycles. The van der Waals surface area contributed by atoms with Crippen LogP contribution in [0.4, 0.5) is 0 Å². The maximum atomic E-state index is 3.31. The van der Waals surface area contributed by atoms with E-state index in [0.29, 0.717) is 0 Å². The fraction of sp³-hybridized carbons (Fsp3) is 0. The van der Waals surface area contributed by atoms with Gasteiger partial charge in [0.1, 0.15) is 0 Å². The second-order valence-corrected chi connectivity index (χ2v) is 2.21. The zero-order chi connectivity index (χ0) is 5.11. The van der Waals surface area contributed by atoms with Crippen molar-refractivity contribution in [2.24, 2.45) is 0 Å². The molecule has 1 aromatic rings. The molecule has 0 amide bonds. The number of rotatable bonds is 0. The molecular weight excluding hydrogens is 184 g/mol. The van der Waals surface area contributed by atoms with E-state index in [1.807, 2.05) is 30.3 Å². The Morgan fingerprint density at radius 3 is 1.75 bits per heavy atom. The molecule has 0 N–H and O–H groups in total. The largest absolute Gasteiger partial charge is 0.197 e. The Bertz CT molecular complexity index is 138. The highest BCUT2D eigenvalue weighted by molar-refractivity contribution is 9.10. The molecule has 0 aliphatic carbocycles. The third kappa shape index (κ3) is 2.38. The van der Waals surface area contributed by atoms with E-state index >= 15 is 0 Å². The van der Waals surface area contributed by atoms with Crippen molar-refractivity contribution in [1.29, 1.82) is 0 Å². The number of hydrogen-bond acceptors (Lipinski definition) is 0. The fourth-order valence-corrected chi connectivity index (χ4v) is 0.720. The van der Waals surface area contributed by atoms with Crippen molar-refractivity contribution in [1.82, 2.24) is 0 Å². The summed E-state index contributed by atoms with van der Waals surface area (Å²) in [6.07, 6.45) is 0. The first-order valence-electron chi connectivity index (χ1n) is 2.10. The van der Waals surface area contributed by atoms with Gasteiger partial charge in [0.25, 0.3) is 0 Å². The van der Waals surface area contributed by atoms with Gasteiger partial charge >= 0.3 is 0 Å². The van der Waals surface area contributed by atoms with E-state index in [-0.39, 0.29) is 13.5 Å². The topological polar surface area (TPSA) is 0 Å². The van der Waals surface area contributed by atoms with Crippen molar-refractivity contribution < 1.29 is 0 Å². The van der Waals surface area contributed by atoms with Crippen LogP contribution in [0, 0.1) is 0 Å². The van der Waals surface area contributed by atoms with Crippen LogP contribution in [-0.2, 0) is 0 Å². The molecule has 0 heterocycles. The Hall–Kier alpha value is 0.0500. The summed E-state index contributed by atoms with van der Waals surface area (Å²) < 4.78 is 1.13. The predicted octanol–water partition coefficient (Wildman–Crippen LogP) is 2.56. The molecule has 0 aromatic heterocycles. The summed E-state index contributed by atoms with van der Waals surface area (Å²) in [6, 6.07) is 9.97. The minimum atomic E-state index is 0. The lowest BCUT2D eigenvalue weighted by molar-refractivity contribution is 1.66. The molecule has 0 atom stereocenters. The molecule has 0 aliphatic rings. The Morgan fingerprint density at radius 1 is 1.00 bits per heavy atom. The maximum absolute atomic E-state index is 3.31. The highest BCUT2D eigenvalue weighted by Crippen LogP contribution is 2.05. The van der Waals surface area contributed by atoms with Crippen molar-refractivity contribution in [3.63, 3.8) is 0 Å². The van der Waals surface area contributed by atoms with E-state index in [1.165, 1.54) is 0 Å². The lowest BCUT2D eigenvalue weighted by atomic mass is 10.4. The molecule has 0 spiro atoms. The molecule has 1 rings (SSSR count). The van der Waals surface area contributed by atoms with E-state index < -0.39 is 0 Å². The first-order valence-corrected chi connectivity index (χ1v) is 2.89. The van der Waals surface area contributed by atoms with Crippen LogP contribution in [0.3, 0.4) is 0 Å². The van der Waals surface area contributed by atoms with Crippen LogP contribution < -0.4 is 0 Å². The second-order valence-electron chi connectivity index (χ2n) is 1.30. The smallest absolute Gasteiger partial charge is 0.0175 e. The lowest BCUT2D eigenvalue weighted by Crippen LogP contribution is -1.55. The van der Waals surface area contributed by atoms with Gasteiger partial charge in [-0.2, -0.15) is 13.5 Å². The van der Waals surface area contributed by atoms with Gasteiger partial charge in [0.15, 0.2) is 0 Å². The first kappa shape index (κ1) is 8.05. The summed E-state index contributed by atoms with van der Waals surface area (Å²) in [5.74, 6) is 0. The molecule has 44 valence electrons. The normalized spacial score (nSPS) is 7.62. The van der Waals surface area contributed by atoms with E-state index in [9.17, 15) is 0 Å². The van der Waals surface area contributed by atoms with Crippen molar-refractivity contribution in [2.75, 3.05) is 0 Å². The third-order valence-electron chi connectivity index (χ3n) is 0.733. The SMILES string of the molecule is Brc1ccccc1.S. The summed E-state index contributed by atoms with van der Waals surface area (Å²) in [7, 11) is 0. The average Bonchev–Trinajstić information content (AvgIpc) is 1.69. The number of benzene rings is 1. The van der Waals surface area contributed by atoms with E-state index in [0.717, 1.165) is 4.47 Å². The van der Waals surface area contributed by atoms with Crippen LogP contribution in [0.15, 0.2) is 34.8 Å². The third-order valence-corrected chi connectivity index (χ3v) is 1.26. The van der Waals surface area contributed by atoms with Crippen LogP contribution in [0.1, 0.15) is 0 Å². The first-order chi connectivity index (χ1) is 3.39. The number of hydrogen-bond donors (Lipinski definition) is 0. The molecule has 2 heteroatoms. The molecule has 0 nitrogen and oxygen atoms in total. The molecular formula is C6H7BrS. The van der Waals surface area contributed by atoms with Crippen LogP contribution in [0.25, 0.3) is 0 Å². The van der Waals surface area contributed by atoms with Crippen molar-refractivity contribution in [3.05, 3.63) is 34.8 Å². The summed E-state index contributed by atoms with van der Waals surface area (Å²) in [5, 5.41) is 0. The van der Waals surface area contributed by atoms with E-state index in [1.54, 1.807) is 0 Å². The molecule has 8 heavy (non-hydrogen) atoms. The molecule has 1 aromatic carbocycles. The zero-order valence-corrected chi connectivity index (χ0v) is 6.85. The van der Waals surface area contributed by atoms with Gasteiger partial charge in [0, 0.05) is 4.47 Å². The van der Waals surface area contributed by atoms with Gasteiger partial charge in [0.05, 0.1) is 0 Å². The molecule has 0 fully saturated rings. The minimum absolute atomic E-state index is 0. The lowest BCUT2D eigenvalue weighted by Gasteiger charge is -1.80. The van der Waals surface area contributed by atoms with Crippen LogP contribution >= 0.6 is 29.4 Å². The predicted molar refractivity (Wildman–Crippen MR) is 44.5 cm³/mol. The van der Waals surface area contributed by atoms with Crippen molar-refractivity contribution in [2.45, 2.75) is 0 Å². The fourth-order valence-electron chi connectivity index (χ4n) is 0.415. The maximum Gasteiger partial charge on any atom is 0.0175 e. The summed E-state index contributed by atoms with van der Waals surface area (Å²) in [6.45, 7) is 0. The second kappa shape index (κ2) is 3.98. The van der Waals surface area contributed by atoms with Crippen LogP contribution in [0.5, 0.6) is 0 Å². The van der Waals surface area contributed by atoms with Gasteiger partial charge in [-0.1, -0.05) is 34.1 Å². The van der Waals surface area contributed by atoms with Gasteiger partial charge in [-0.15, -0.1) is 0 Å². The summed E-state index contributed by atoms with van der Waals surface area (Å²) in [4.78, 5) is 0. The highest BCUT2D eigenvalue weighted by atomic mass is 79.9. The Kier molecular flexibility index (Phi) is 4.01. The summed E-state index contributed by atoms with van der Waals surface area (Å²) in [5.41, 5.74) is 0. The molecule has 0 unspecified atom stereocenters. The Labute approximate surface area is 64.5 Å². The van der Waals surface area contributed by atoms with Crippen LogP contribution in [-0.4, -0.2) is 0 Å². The average molecular weight is 191 g/mol. The Balaban J connectivity index is 0.000000490. The van der Waals surface area contributed by atoms with Gasteiger partial charge in [-0.3, -0.25) is 0 Å². The monoisotopic (exact) mass is 190 g/mol. The van der Waals surface area contributed by atoms with Crippen molar-refractivity contribution in [3.8, 4) is 0 Å². The molecule has 0 bridgehead atoms. The minimum Gasteiger partial charge on any atom is -0.197 e. The molecule has 0 radical (unpaired) electrons. The van der Waals surface area contributed by atoms with Gasteiger partial charge < -0.3 is 0 Å². The number of halogens is 1.